The lowest BCUT2D eigenvalue weighted by Gasteiger charge is -2.40. The first-order valence-corrected chi connectivity index (χ1v) is 11.7. The molecule has 1 aromatic heterocycles. The molecule has 6 heteroatoms. The van der Waals surface area contributed by atoms with Crippen LogP contribution in [0.3, 0.4) is 0 Å². The molecular weight excluding hydrogens is 370 g/mol. The molecule has 0 aromatic carbocycles. The second-order valence-electron chi connectivity index (χ2n) is 8.55. The second-order valence-corrected chi connectivity index (χ2v) is 9.83. The number of amides is 2. The molecule has 0 N–H and O–H groups in total. The van der Waals surface area contributed by atoms with Gasteiger partial charge in [-0.05, 0) is 70.8 Å². The Morgan fingerprint density at radius 1 is 1.18 bits per heavy atom. The normalized spacial score (nSPS) is 20.7. The number of thiophene rings is 1. The van der Waals surface area contributed by atoms with Crippen LogP contribution in [0.25, 0.3) is 0 Å². The summed E-state index contributed by atoms with van der Waals surface area (Å²) >= 11 is 1.56. The minimum absolute atomic E-state index is 0.00203. The molecule has 1 unspecified atom stereocenters. The van der Waals surface area contributed by atoms with Crippen LogP contribution in [-0.2, 0) is 4.79 Å². The minimum atomic E-state index is -0.00203. The van der Waals surface area contributed by atoms with E-state index in [4.69, 9.17) is 0 Å². The van der Waals surface area contributed by atoms with E-state index >= 15 is 0 Å². The van der Waals surface area contributed by atoms with Gasteiger partial charge < -0.3 is 14.7 Å². The van der Waals surface area contributed by atoms with Crippen LogP contribution in [0.15, 0.2) is 12.1 Å². The van der Waals surface area contributed by atoms with E-state index in [0.29, 0.717) is 6.54 Å². The van der Waals surface area contributed by atoms with E-state index in [1.807, 2.05) is 37.8 Å². The summed E-state index contributed by atoms with van der Waals surface area (Å²) in [7, 11) is 0. The van der Waals surface area contributed by atoms with Gasteiger partial charge in [0.25, 0.3) is 5.91 Å². The highest BCUT2D eigenvalue weighted by Gasteiger charge is 2.32. The van der Waals surface area contributed by atoms with E-state index in [9.17, 15) is 9.59 Å². The molecule has 1 aromatic rings. The fourth-order valence-electron chi connectivity index (χ4n) is 4.37. The average Bonchev–Trinajstić information content (AvgIpc) is 3.36. The van der Waals surface area contributed by atoms with Gasteiger partial charge in [-0.1, -0.05) is 13.8 Å². The smallest absolute Gasteiger partial charge is 0.263 e. The summed E-state index contributed by atoms with van der Waals surface area (Å²) in [6, 6.07) is 4.08. The van der Waals surface area contributed by atoms with Crippen molar-refractivity contribution in [2.24, 2.45) is 5.92 Å². The zero-order chi connectivity index (χ0) is 20.1. The van der Waals surface area contributed by atoms with Crippen molar-refractivity contribution in [2.45, 2.75) is 58.9 Å². The Bertz CT molecular complexity index is 666. The standard InChI is InChI=1S/C22H35N3O2S/c1-17(2)21(26)25(15-7-13-23-11-4-5-12-23)19-8-6-14-24(16-19)22(27)20-10-9-18(3)28-20/h9-10,17,19H,4-8,11-16H2,1-3H3. The number of carbonyl (C=O) groups excluding carboxylic acids is 2. The number of likely N-dealkylation sites (tertiary alicyclic amines) is 2. The molecule has 2 aliphatic rings. The molecular formula is C22H35N3O2S. The lowest BCUT2D eigenvalue weighted by atomic mass is 10.0. The van der Waals surface area contributed by atoms with Crippen molar-refractivity contribution < 1.29 is 9.59 Å². The van der Waals surface area contributed by atoms with E-state index in [1.165, 1.54) is 25.9 Å². The number of rotatable bonds is 7. The molecule has 3 heterocycles. The molecule has 0 radical (unpaired) electrons. The van der Waals surface area contributed by atoms with Crippen molar-refractivity contribution in [1.29, 1.82) is 0 Å². The predicted molar refractivity (Wildman–Crippen MR) is 115 cm³/mol. The van der Waals surface area contributed by atoms with Gasteiger partial charge in [-0.25, -0.2) is 0 Å². The van der Waals surface area contributed by atoms with Crippen molar-refractivity contribution in [2.75, 3.05) is 39.3 Å². The Kier molecular flexibility index (Phi) is 7.52. The zero-order valence-electron chi connectivity index (χ0n) is 17.7. The SMILES string of the molecule is Cc1ccc(C(=O)N2CCCC(N(CCCN3CCCC3)C(=O)C(C)C)C2)s1. The molecule has 0 saturated carbocycles. The fraction of sp³-hybridized carbons (Fsp3) is 0.727. The van der Waals surface area contributed by atoms with Crippen molar-refractivity contribution >= 4 is 23.2 Å². The van der Waals surface area contributed by atoms with Crippen LogP contribution in [0, 0.1) is 12.8 Å². The molecule has 2 saturated heterocycles. The number of hydrogen-bond acceptors (Lipinski definition) is 4. The second kappa shape index (κ2) is 9.88. The molecule has 0 bridgehead atoms. The van der Waals surface area contributed by atoms with Crippen LogP contribution in [0.4, 0.5) is 0 Å². The first-order valence-electron chi connectivity index (χ1n) is 10.8. The number of aryl methyl sites for hydroxylation is 1. The highest BCUT2D eigenvalue weighted by Crippen LogP contribution is 2.23. The molecule has 28 heavy (non-hydrogen) atoms. The zero-order valence-corrected chi connectivity index (χ0v) is 18.5. The van der Waals surface area contributed by atoms with Gasteiger partial charge in [-0.2, -0.15) is 0 Å². The average molecular weight is 406 g/mol. The third kappa shape index (κ3) is 5.35. The summed E-state index contributed by atoms with van der Waals surface area (Å²) < 4.78 is 0. The van der Waals surface area contributed by atoms with Crippen LogP contribution in [-0.4, -0.2) is 71.8 Å². The van der Waals surface area contributed by atoms with Crippen LogP contribution < -0.4 is 0 Å². The summed E-state index contributed by atoms with van der Waals surface area (Å²) in [6.45, 7) is 11.7. The third-order valence-electron chi connectivity index (χ3n) is 5.92. The van der Waals surface area contributed by atoms with Crippen LogP contribution in [0.1, 0.15) is 60.5 Å². The van der Waals surface area contributed by atoms with Crippen LogP contribution in [0.2, 0.25) is 0 Å². The summed E-state index contributed by atoms with van der Waals surface area (Å²) in [5.41, 5.74) is 0. The van der Waals surface area contributed by atoms with Gasteiger partial charge in [0.1, 0.15) is 0 Å². The first-order chi connectivity index (χ1) is 13.5. The molecule has 1 atom stereocenters. The monoisotopic (exact) mass is 405 g/mol. The largest absolute Gasteiger partial charge is 0.338 e. The van der Waals surface area contributed by atoms with Crippen molar-refractivity contribution in [3.8, 4) is 0 Å². The lowest BCUT2D eigenvalue weighted by Crippen LogP contribution is -2.53. The highest BCUT2D eigenvalue weighted by molar-refractivity contribution is 7.13. The molecule has 3 rings (SSSR count). The number of piperidine rings is 1. The quantitative estimate of drug-likeness (QED) is 0.696. The summed E-state index contributed by atoms with van der Waals surface area (Å²) in [6.07, 6.45) is 5.59. The van der Waals surface area contributed by atoms with E-state index in [2.05, 4.69) is 9.80 Å². The maximum atomic E-state index is 12.9. The summed E-state index contributed by atoms with van der Waals surface area (Å²) in [5.74, 6) is 0.349. The van der Waals surface area contributed by atoms with Crippen molar-refractivity contribution in [3.63, 3.8) is 0 Å². The Hall–Kier alpha value is -1.40. The van der Waals surface area contributed by atoms with E-state index in [-0.39, 0.29) is 23.8 Å². The minimum Gasteiger partial charge on any atom is -0.338 e. The van der Waals surface area contributed by atoms with Crippen LogP contribution >= 0.6 is 11.3 Å². The third-order valence-corrected chi connectivity index (χ3v) is 6.91. The maximum absolute atomic E-state index is 12.9. The van der Waals surface area contributed by atoms with Gasteiger partial charge in [0.15, 0.2) is 0 Å². The van der Waals surface area contributed by atoms with Crippen molar-refractivity contribution in [3.05, 3.63) is 21.9 Å². The molecule has 156 valence electrons. The van der Waals surface area contributed by atoms with Gasteiger partial charge in [-0.15, -0.1) is 11.3 Å². The van der Waals surface area contributed by atoms with Gasteiger partial charge in [0.2, 0.25) is 5.91 Å². The Labute approximate surface area is 173 Å². The van der Waals surface area contributed by atoms with Gasteiger partial charge in [0.05, 0.1) is 4.88 Å². The van der Waals surface area contributed by atoms with E-state index < -0.39 is 0 Å². The van der Waals surface area contributed by atoms with Crippen LogP contribution in [0.5, 0.6) is 0 Å². The molecule has 0 aliphatic carbocycles. The maximum Gasteiger partial charge on any atom is 0.263 e. The summed E-state index contributed by atoms with van der Waals surface area (Å²) in [4.78, 5) is 34.4. The summed E-state index contributed by atoms with van der Waals surface area (Å²) in [5, 5.41) is 0. The Morgan fingerprint density at radius 2 is 1.93 bits per heavy atom. The van der Waals surface area contributed by atoms with E-state index in [0.717, 1.165) is 48.7 Å². The number of hydrogen-bond donors (Lipinski definition) is 0. The predicted octanol–water partition coefficient (Wildman–Crippen LogP) is 3.63. The Balaban J connectivity index is 1.62. The molecule has 5 nitrogen and oxygen atoms in total. The first kappa shape index (κ1) is 21.3. The van der Waals surface area contributed by atoms with E-state index in [1.54, 1.807) is 11.3 Å². The topological polar surface area (TPSA) is 43.9 Å². The molecule has 0 spiro atoms. The van der Waals surface area contributed by atoms with Gasteiger partial charge in [0, 0.05) is 36.5 Å². The Morgan fingerprint density at radius 3 is 2.57 bits per heavy atom. The van der Waals surface area contributed by atoms with Gasteiger partial charge in [-0.3, -0.25) is 9.59 Å². The highest BCUT2D eigenvalue weighted by atomic mass is 32.1. The van der Waals surface area contributed by atoms with Gasteiger partial charge >= 0.3 is 0 Å². The fourth-order valence-corrected chi connectivity index (χ4v) is 5.21. The lowest BCUT2D eigenvalue weighted by molar-refractivity contribution is -0.138. The van der Waals surface area contributed by atoms with Crippen molar-refractivity contribution in [1.82, 2.24) is 14.7 Å². The molecule has 2 aliphatic heterocycles. The molecule has 2 amide bonds. The number of nitrogens with zero attached hydrogens (tertiary/aromatic N) is 3. The molecule has 2 fully saturated rings. The number of carbonyl (C=O) groups is 2.